The lowest BCUT2D eigenvalue weighted by molar-refractivity contribution is -0.121. The Kier molecular flexibility index (Phi) is 9.08. The Bertz CT molecular complexity index is 1270. The number of sulfonamides is 1. The van der Waals surface area contributed by atoms with Gasteiger partial charge in [-0.15, -0.1) is 0 Å². The predicted octanol–water partition coefficient (Wildman–Crippen LogP) is 4.28. The second kappa shape index (κ2) is 12.2. The fourth-order valence-corrected chi connectivity index (χ4v) is 4.60. The topological polar surface area (TPSA) is 97.3 Å². The van der Waals surface area contributed by atoms with Gasteiger partial charge in [-0.3, -0.25) is 9.10 Å². The number of rotatable bonds is 11. The highest BCUT2D eigenvalue weighted by Gasteiger charge is 2.29. The zero-order chi connectivity index (χ0) is 26.1. The molecular weight excluding hydrogens is 478 g/mol. The minimum atomic E-state index is -3.73. The zero-order valence-corrected chi connectivity index (χ0v) is 21.7. The van der Waals surface area contributed by atoms with E-state index in [1.807, 2.05) is 62.4 Å². The van der Waals surface area contributed by atoms with E-state index >= 15 is 0 Å². The van der Waals surface area contributed by atoms with Crippen LogP contribution in [0.5, 0.6) is 11.5 Å². The standard InChI is InChI=1S/C27H31N3O5S/c1-5-34-25-16-12-24(13-17-25)30(36(4,32)33)21(3)27(31)29-28-18-22-10-14-26(15-11-22)35-19-23-8-6-20(2)7-9-23/h6-18,21H,5,19H2,1-4H3,(H,29,31)/b28-18+. The normalized spacial score (nSPS) is 12.2. The molecule has 0 aromatic heterocycles. The van der Waals surface area contributed by atoms with Gasteiger partial charge in [0.1, 0.15) is 24.1 Å². The van der Waals surface area contributed by atoms with Crippen LogP contribution >= 0.6 is 0 Å². The van der Waals surface area contributed by atoms with E-state index in [0.717, 1.165) is 21.7 Å². The number of amides is 1. The zero-order valence-electron chi connectivity index (χ0n) is 20.8. The highest BCUT2D eigenvalue weighted by molar-refractivity contribution is 7.92. The van der Waals surface area contributed by atoms with E-state index in [4.69, 9.17) is 9.47 Å². The van der Waals surface area contributed by atoms with Gasteiger partial charge in [0.25, 0.3) is 5.91 Å². The molecule has 0 fully saturated rings. The van der Waals surface area contributed by atoms with Gasteiger partial charge in [-0.1, -0.05) is 29.8 Å². The van der Waals surface area contributed by atoms with E-state index in [2.05, 4.69) is 10.5 Å². The number of carbonyl (C=O) groups is 1. The first-order chi connectivity index (χ1) is 17.2. The molecule has 190 valence electrons. The molecule has 0 saturated carbocycles. The molecule has 3 aromatic carbocycles. The molecule has 1 unspecified atom stereocenters. The van der Waals surface area contributed by atoms with Crippen LogP contribution in [-0.2, 0) is 21.4 Å². The summed E-state index contributed by atoms with van der Waals surface area (Å²) < 4.78 is 37.1. The van der Waals surface area contributed by atoms with Crippen LogP contribution in [0, 0.1) is 6.92 Å². The number of ether oxygens (including phenoxy) is 2. The molecule has 0 radical (unpaired) electrons. The maximum absolute atomic E-state index is 12.7. The van der Waals surface area contributed by atoms with Crippen LogP contribution in [0.25, 0.3) is 0 Å². The van der Waals surface area contributed by atoms with E-state index in [0.29, 0.717) is 30.4 Å². The van der Waals surface area contributed by atoms with Gasteiger partial charge in [0.2, 0.25) is 10.0 Å². The second-order valence-electron chi connectivity index (χ2n) is 8.24. The highest BCUT2D eigenvalue weighted by atomic mass is 32.2. The summed E-state index contributed by atoms with van der Waals surface area (Å²) in [5.74, 6) is 0.760. The van der Waals surface area contributed by atoms with Crippen molar-refractivity contribution in [2.75, 3.05) is 17.2 Å². The van der Waals surface area contributed by atoms with Gasteiger partial charge < -0.3 is 9.47 Å². The smallest absolute Gasteiger partial charge is 0.263 e. The minimum Gasteiger partial charge on any atom is -0.494 e. The molecule has 9 heteroatoms. The van der Waals surface area contributed by atoms with E-state index in [1.54, 1.807) is 24.3 Å². The third-order valence-corrected chi connectivity index (χ3v) is 6.53. The van der Waals surface area contributed by atoms with Gasteiger partial charge in [-0.25, -0.2) is 13.8 Å². The third-order valence-electron chi connectivity index (χ3n) is 5.29. The Morgan fingerprint density at radius 3 is 2.14 bits per heavy atom. The van der Waals surface area contributed by atoms with Gasteiger partial charge in [0, 0.05) is 0 Å². The summed E-state index contributed by atoms with van der Waals surface area (Å²) >= 11 is 0. The van der Waals surface area contributed by atoms with Crippen molar-refractivity contribution < 1.29 is 22.7 Å². The molecule has 36 heavy (non-hydrogen) atoms. The Morgan fingerprint density at radius 2 is 1.56 bits per heavy atom. The van der Waals surface area contributed by atoms with Crippen LogP contribution in [0.15, 0.2) is 77.9 Å². The molecule has 0 aliphatic carbocycles. The first-order valence-electron chi connectivity index (χ1n) is 11.5. The van der Waals surface area contributed by atoms with Crippen molar-refractivity contribution in [2.45, 2.75) is 33.4 Å². The van der Waals surface area contributed by atoms with Gasteiger partial charge in [-0.05, 0) is 80.4 Å². The average molecular weight is 510 g/mol. The van der Waals surface area contributed by atoms with Crippen LogP contribution in [0.4, 0.5) is 5.69 Å². The number of hydrazone groups is 1. The first-order valence-corrected chi connectivity index (χ1v) is 13.4. The largest absolute Gasteiger partial charge is 0.494 e. The Labute approximate surface area is 212 Å². The molecule has 8 nitrogen and oxygen atoms in total. The number of aryl methyl sites for hydroxylation is 1. The van der Waals surface area contributed by atoms with E-state index in [9.17, 15) is 13.2 Å². The predicted molar refractivity (Wildman–Crippen MR) is 142 cm³/mol. The summed E-state index contributed by atoms with van der Waals surface area (Å²) in [5.41, 5.74) is 5.80. The molecule has 0 aliphatic heterocycles. The van der Waals surface area contributed by atoms with Gasteiger partial charge >= 0.3 is 0 Å². The fourth-order valence-electron chi connectivity index (χ4n) is 3.43. The number of carbonyl (C=O) groups excluding carboxylic acids is 1. The van der Waals surface area contributed by atoms with E-state index in [-0.39, 0.29) is 0 Å². The van der Waals surface area contributed by atoms with Gasteiger partial charge in [0.05, 0.1) is 24.8 Å². The fraction of sp³-hybridized carbons (Fsp3) is 0.259. The molecular formula is C27H31N3O5S. The lowest BCUT2D eigenvalue weighted by Gasteiger charge is -2.27. The Hall–Kier alpha value is -3.85. The summed E-state index contributed by atoms with van der Waals surface area (Å²) in [4.78, 5) is 12.7. The van der Waals surface area contributed by atoms with Crippen molar-refractivity contribution >= 4 is 27.8 Å². The van der Waals surface area contributed by atoms with Crippen molar-refractivity contribution in [1.82, 2.24) is 5.43 Å². The van der Waals surface area contributed by atoms with E-state index < -0.39 is 22.0 Å². The summed E-state index contributed by atoms with van der Waals surface area (Å²) in [6, 6.07) is 20.9. The molecule has 1 amide bonds. The Morgan fingerprint density at radius 1 is 0.972 bits per heavy atom. The summed E-state index contributed by atoms with van der Waals surface area (Å²) in [5, 5.41) is 3.98. The maximum atomic E-state index is 12.7. The van der Waals surface area contributed by atoms with Crippen LogP contribution < -0.4 is 19.2 Å². The third kappa shape index (κ3) is 7.58. The molecule has 0 aliphatic rings. The average Bonchev–Trinajstić information content (AvgIpc) is 2.85. The highest BCUT2D eigenvalue weighted by Crippen LogP contribution is 2.24. The van der Waals surface area contributed by atoms with Gasteiger partial charge in [0.15, 0.2) is 0 Å². The van der Waals surface area contributed by atoms with E-state index in [1.165, 1.54) is 18.7 Å². The van der Waals surface area contributed by atoms with Crippen molar-refractivity contribution in [3.63, 3.8) is 0 Å². The van der Waals surface area contributed by atoms with Crippen molar-refractivity contribution in [2.24, 2.45) is 5.10 Å². The number of nitrogens with one attached hydrogen (secondary N) is 1. The lowest BCUT2D eigenvalue weighted by Crippen LogP contribution is -2.46. The molecule has 1 N–H and O–H groups in total. The van der Waals surface area contributed by atoms with Gasteiger partial charge in [-0.2, -0.15) is 5.10 Å². The molecule has 1 atom stereocenters. The molecule has 3 rings (SSSR count). The lowest BCUT2D eigenvalue weighted by atomic mass is 10.2. The second-order valence-corrected chi connectivity index (χ2v) is 10.1. The molecule has 0 saturated heterocycles. The molecule has 0 bridgehead atoms. The number of anilines is 1. The number of hydrogen-bond acceptors (Lipinski definition) is 6. The number of hydrogen-bond donors (Lipinski definition) is 1. The summed E-state index contributed by atoms with van der Waals surface area (Å²) in [6.07, 6.45) is 2.54. The maximum Gasteiger partial charge on any atom is 0.263 e. The SMILES string of the molecule is CCOc1ccc(N(C(C)C(=O)N/N=C/c2ccc(OCc3ccc(C)cc3)cc2)S(C)(=O)=O)cc1. The van der Waals surface area contributed by atoms with Crippen LogP contribution in [-0.4, -0.2) is 39.4 Å². The van der Waals surface area contributed by atoms with Crippen molar-refractivity contribution in [1.29, 1.82) is 0 Å². The van der Waals surface area contributed by atoms with Crippen LogP contribution in [0.1, 0.15) is 30.5 Å². The number of benzene rings is 3. The summed E-state index contributed by atoms with van der Waals surface area (Å²) in [6.45, 7) is 6.36. The van der Waals surface area contributed by atoms with Crippen molar-refractivity contribution in [3.05, 3.63) is 89.5 Å². The first kappa shape index (κ1) is 26.7. The molecule has 3 aromatic rings. The van der Waals surface area contributed by atoms with Crippen LogP contribution in [0.3, 0.4) is 0 Å². The monoisotopic (exact) mass is 509 g/mol. The van der Waals surface area contributed by atoms with Crippen LogP contribution in [0.2, 0.25) is 0 Å². The molecule has 0 spiro atoms. The number of nitrogens with zero attached hydrogens (tertiary/aromatic N) is 2. The molecule has 0 heterocycles. The van der Waals surface area contributed by atoms with Crippen molar-refractivity contribution in [3.8, 4) is 11.5 Å². The minimum absolute atomic E-state index is 0.355. The summed E-state index contributed by atoms with van der Waals surface area (Å²) in [7, 11) is -3.73. The quantitative estimate of drug-likeness (QED) is 0.307. The Balaban J connectivity index is 1.59.